The lowest BCUT2D eigenvalue weighted by Crippen LogP contribution is -2.28. The molecule has 1 aliphatic rings. The van der Waals surface area contributed by atoms with Crippen LogP contribution in [-0.4, -0.2) is 40.8 Å². The fourth-order valence-corrected chi connectivity index (χ4v) is 2.44. The third-order valence-electron chi connectivity index (χ3n) is 3.43. The molecule has 0 atom stereocenters. The Morgan fingerprint density at radius 2 is 2.38 bits per heavy atom. The third-order valence-corrected chi connectivity index (χ3v) is 3.43. The first-order chi connectivity index (χ1) is 10.1. The highest BCUT2D eigenvalue weighted by atomic mass is 16.5. The summed E-state index contributed by atoms with van der Waals surface area (Å²) >= 11 is 0. The number of rotatable bonds is 3. The van der Waals surface area contributed by atoms with Crippen molar-refractivity contribution in [2.45, 2.75) is 6.54 Å². The molecule has 110 valence electrons. The number of amides is 1. The first-order valence-electron chi connectivity index (χ1n) is 6.88. The molecule has 0 saturated carbocycles. The van der Waals surface area contributed by atoms with Gasteiger partial charge in [-0.3, -0.25) is 9.48 Å². The van der Waals surface area contributed by atoms with E-state index in [9.17, 15) is 4.79 Å². The van der Waals surface area contributed by atoms with Crippen LogP contribution >= 0.6 is 0 Å². The molecule has 2 aromatic rings. The summed E-state index contributed by atoms with van der Waals surface area (Å²) in [6.45, 7) is 1.85. The van der Waals surface area contributed by atoms with Crippen molar-refractivity contribution in [3.8, 4) is 5.75 Å². The van der Waals surface area contributed by atoms with Gasteiger partial charge in [0.2, 0.25) is 0 Å². The molecule has 0 aliphatic carbocycles. The van der Waals surface area contributed by atoms with Crippen molar-refractivity contribution in [2.75, 3.05) is 25.5 Å². The minimum absolute atomic E-state index is 0.0561. The summed E-state index contributed by atoms with van der Waals surface area (Å²) in [6.07, 6.45) is 3.67. The summed E-state index contributed by atoms with van der Waals surface area (Å²) in [5, 5.41) is 7.36. The normalized spacial score (nSPS) is 13.0. The Kier molecular flexibility index (Phi) is 3.51. The van der Waals surface area contributed by atoms with Gasteiger partial charge in [0.25, 0.3) is 5.91 Å². The fraction of sp³-hybridized carbons (Fsp3) is 0.333. The number of aryl methyl sites for hydroxylation is 1. The molecule has 3 rings (SSSR count). The second kappa shape index (κ2) is 5.47. The predicted octanol–water partition coefficient (Wildman–Crippen LogP) is 1.50. The average Bonchev–Trinajstić information content (AvgIpc) is 2.91. The Balaban J connectivity index is 1.81. The van der Waals surface area contributed by atoms with Crippen LogP contribution in [0.2, 0.25) is 0 Å². The number of fused-ring (bicyclic) bond motifs is 1. The molecule has 0 fully saturated rings. The van der Waals surface area contributed by atoms with E-state index in [0.717, 1.165) is 17.8 Å². The van der Waals surface area contributed by atoms with E-state index in [4.69, 9.17) is 4.74 Å². The van der Waals surface area contributed by atoms with Crippen molar-refractivity contribution in [3.63, 3.8) is 0 Å². The van der Waals surface area contributed by atoms with Gasteiger partial charge in [0.05, 0.1) is 17.4 Å². The summed E-state index contributed by atoms with van der Waals surface area (Å²) in [5.74, 6) is 0.589. The van der Waals surface area contributed by atoms with Crippen LogP contribution in [-0.2, 0) is 13.6 Å². The summed E-state index contributed by atoms with van der Waals surface area (Å²) in [6, 6.07) is 5.59. The molecular formula is C15H18N4O2. The van der Waals surface area contributed by atoms with Crippen LogP contribution in [0.5, 0.6) is 5.75 Å². The van der Waals surface area contributed by atoms with E-state index in [2.05, 4.69) is 10.4 Å². The highest BCUT2D eigenvalue weighted by Gasteiger charge is 2.21. The van der Waals surface area contributed by atoms with Gasteiger partial charge < -0.3 is 15.0 Å². The molecular weight excluding hydrogens is 268 g/mol. The summed E-state index contributed by atoms with van der Waals surface area (Å²) in [7, 11) is 3.64. The standard InChI is InChI=1S/C15H18N4O2/c1-18(9-11-8-17-19(2)10-11)15(20)12-4-3-5-13-14(12)21-7-6-16-13/h3-5,8,10,16H,6-7,9H2,1-2H3. The van der Waals surface area contributed by atoms with Crippen molar-refractivity contribution in [2.24, 2.45) is 7.05 Å². The van der Waals surface area contributed by atoms with Gasteiger partial charge in [-0.1, -0.05) is 6.07 Å². The molecule has 21 heavy (non-hydrogen) atoms. The second-order valence-corrected chi connectivity index (χ2v) is 5.14. The Morgan fingerprint density at radius 3 is 3.14 bits per heavy atom. The Hall–Kier alpha value is -2.50. The van der Waals surface area contributed by atoms with Gasteiger partial charge in [-0.05, 0) is 12.1 Å². The maximum atomic E-state index is 12.6. The lowest BCUT2D eigenvalue weighted by atomic mass is 10.1. The van der Waals surface area contributed by atoms with Crippen LogP contribution in [0.15, 0.2) is 30.6 Å². The van der Waals surface area contributed by atoms with E-state index in [0.29, 0.717) is 24.5 Å². The number of ether oxygens (including phenoxy) is 1. The van der Waals surface area contributed by atoms with Gasteiger partial charge in [-0.15, -0.1) is 0 Å². The van der Waals surface area contributed by atoms with E-state index in [1.165, 1.54) is 0 Å². The van der Waals surface area contributed by atoms with E-state index in [1.54, 1.807) is 28.9 Å². The zero-order valence-corrected chi connectivity index (χ0v) is 12.2. The molecule has 0 unspecified atom stereocenters. The van der Waals surface area contributed by atoms with Crippen molar-refractivity contribution < 1.29 is 9.53 Å². The number of aromatic nitrogens is 2. The van der Waals surface area contributed by atoms with E-state index in [-0.39, 0.29) is 5.91 Å². The molecule has 0 saturated heterocycles. The van der Waals surface area contributed by atoms with Crippen LogP contribution in [0.1, 0.15) is 15.9 Å². The molecule has 2 heterocycles. The first-order valence-corrected chi connectivity index (χ1v) is 6.88. The van der Waals surface area contributed by atoms with Crippen LogP contribution in [0, 0.1) is 0 Å². The molecule has 0 bridgehead atoms. The van der Waals surface area contributed by atoms with Crippen molar-refractivity contribution in [3.05, 3.63) is 41.7 Å². The molecule has 1 aliphatic heterocycles. The van der Waals surface area contributed by atoms with E-state index in [1.807, 2.05) is 25.4 Å². The van der Waals surface area contributed by atoms with E-state index < -0.39 is 0 Å². The van der Waals surface area contributed by atoms with Crippen molar-refractivity contribution in [1.82, 2.24) is 14.7 Å². The zero-order valence-electron chi connectivity index (χ0n) is 12.2. The van der Waals surface area contributed by atoms with Crippen molar-refractivity contribution in [1.29, 1.82) is 0 Å². The number of nitrogens with zero attached hydrogens (tertiary/aromatic N) is 3. The highest BCUT2D eigenvalue weighted by Crippen LogP contribution is 2.32. The number of anilines is 1. The number of nitrogens with one attached hydrogen (secondary N) is 1. The number of hydrogen-bond donors (Lipinski definition) is 1. The van der Waals surface area contributed by atoms with Gasteiger partial charge in [0.15, 0.2) is 5.75 Å². The molecule has 6 nitrogen and oxygen atoms in total. The lowest BCUT2D eigenvalue weighted by molar-refractivity contribution is 0.0780. The zero-order chi connectivity index (χ0) is 14.8. The smallest absolute Gasteiger partial charge is 0.257 e. The number of carbonyl (C=O) groups is 1. The molecule has 6 heteroatoms. The van der Waals surface area contributed by atoms with Gasteiger partial charge in [0.1, 0.15) is 6.61 Å². The van der Waals surface area contributed by atoms with Crippen LogP contribution in [0.3, 0.4) is 0 Å². The largest absolute Gasteiger partial charge is 0.489 e. The minimum Gasteiger partial charge on any atom is -0.489 e. The number of carbonyl (C=O) groups excluding carboxylic acids is 1. The quantitative estimate of drug-likeness (QED) is 0.929. The molecule has 0 radical (unpaired) electrons. The maximum Gasteiger partial charge on any atom is 0.257 e. The SMILES string of the molecule is CN(Cc1cnn(C)c1)C(=O)c1cccc2c1OCCN2. The van der Waals surface area contributed by atoms with E-state index >= 15 is 0 Å². The second-order valence-electron chi connectivity index (χ2n) is 5.14. The van der Waals surface area contributed by atoms with Crippen LogP contribution in [0.4, 0.5) is 5.69 Å². The number of hydrogen-bond acceptors (Lipinski definition) is 4. The molecule has 1 N–H and O–H groups in total. The van der Waals surface area contributed by atoms with Gasteiger partial charge >= 0.3 is 0 Å². The molecule has 1 aromatic heterocycles. The van der Waals surface area contributed by atoms with Gasteiger partial charge in [-0.2, -0.15) is 5.10 Å². The first kappa shape index (κ1) is 13.5. The predicted molar refractivity (Wildman–Crippen MR) is 79.4 cm³/mol. The fourth-order valence-electron chi connectivity index (χ4n) is 2.44. The van der Waals surface area contributed by atoms with Gasteiger partial charge in [0, 0.05) is 38.9 Å². The summed E-state index contributed by atoms with van der Waals surface area (Å²) in [4.78, 5) is 14.3. The Labute approximate surface area is 123 Å². The maximum absolute atomic E-state index is 12.6. The molecule has 1 amide bonds. The lowest BCUT2D eigenvalue weighted by Gasteiger charge is -2.23. The highest BCUT2D eigenvalue weighted by molar-refractivity contribution is 5.98. The van der Waals surface area contributed by atoms with Crippen molar-refractivity contribution >= 4 is 11.6 Å². The third kappa shape index (κ3) is 2.69. The average molecular weight is 286 g/mol. The molecule has 0 spiro atoms. The Bertz CT molecular complexity index is 665. The minimum atomic E-state index is -0.0561. The summed E-state index contributed by atoms with van der Waals surface area (Å²) < 4.78 is 7.38. The topological polar surface area (TPSA) is 59.4 Å². The molecule has 1 aromatic carbocycles. The van der Waals surface area contributed by atoms with Gasteiger partial charge in [-0.25, -0.2) is 0 Å². The monoisotopic (exact) mass is 286 g/mol. The van der Waals surface area contributed by atoms with Crippen LogP contribution in [0.25, 0.3) is 0 Å². The van der Waals surface area contributed by atoms with Crippen LogP contribution < -0.4 is 10.1 Å². The Morgan fingerprint density at radius 1 is 1.52 bits per heavy atom. The number of para-hydroxylation sites is 1. The summed E-state index contributed by atoms with van der Waals surface area (Å²) in [5.41, 5.74) is 2.46. The number of benzene rings is 1.